The largest absolute Gasteiger partial charge is 0.322 e. The molecule has 22 heavy (non-hydrogen) atoms. The lowest BCUT2D eigenvalue weighted by molar-refractivity contribution is 0.102. The fourth-order valence-electron chi connectivity index (χ4n) is 2.20. The van der Waals surface area contributed by atoms with E-state index >= 15 is 0 Å². The molecule has 1 N–H and O–H groups in total. The lowest BCUT2D eigenvalue weighted by Gasteiger charge is -2.09. The number of aromatic nitrogens is 2. The number of rotatable bonds is 3. The predicted molar refractivity (Wildman–Crippen MR) is 90.4 cm³/mol. The van der Waals surface area contributed by atoms with Gasteiger partial charge in [-0.1, -0.05) is 12.1 Å². The van der Waals surface area contributed by atoms with E-state index in [1.54, 1.807) is 12.3 Å². The topological polar surface area (TPSA) is 46.9 Å². The molecule has 0 aliphatic rings. The monoisotopic (exact) mass is 355 g/mol. The summed E-state index contributed by atoms with van der Waals surface area (Å²) in [6.07, 6.45) is 3.67. The van der Waals surface area contributed by atoms with Crippen molar-refractivity contribution in [1.82, 2.24) is 9.55 Å². The van der Waals surface area contributed by atoms with Crippen LogP contribution in [0.3, 0.4) is 0 Å². The number of carbonyl (C=O) groups is 1. The van der Waals surface area contributed by atoms with Gasteiger partial charge in [0, 0.05) is 28.2 Å². The zero-order valence-electron chi connectivity index (χ0n) is 12.0. The summed E-state index contributed by atoms with van der Waals surface area (Å²) in [6, 6.07) is 15.0. The van der Waals surface area contributed by atoms with Crippen LogP contribution in [0.15, 0.2) is 65.4 Å². The van der Waals surface area contributed by atoms with Crippen LogP contribution in [0.1, 0.15) is 16.2 Å². The van der Waals surface area contributed by atoms with Crippen LogP contribution in [0.4, 0.5) is 5.69 Å². The molecule has 3 rings (SSSR count). The SMILES string of the molecule is Cc1nccn1-c1ccc(NC(=O)c2ccccc2Br)cc1. The van der Waals surface area contributed by atoms with Gasteiger partial charge in [-0.2, -0.15) is 0 Å². The number of imidazole rings is 1. The van der Waals surface area contributed by atoms with Crippen LogP contribution in [0.5, 0.6) is 0 Å². The molecule has 0 aliphatic heterocycles. The standard InChI is InChI=1S/C17H14BrN3O/c1-12-19-10-11-21(12)14-8-6-13(7-9-14)20-17(22)15-4-2-3-5-16(15)18/h2-11H,1H3,(H,20,22). The molecule has 5 heteroatoms. The smallest absolute Gasteiger partial charge is 0.256 e. The van der Waals surface area contributed by atoms with Crippen molar-refractivity contribution in [2.45, 2.75) is 6.92 Å². The molecule has 0 saturated heterocycles. The molecular weight excluding hydrogens is 342 g/mol. The zero-order valence-corrected chi connectivity index (χ0v) is 13.5. The molecule has 0 spiro atoms. The summed E-state index contributed by atoms with van der Waals surface area (Å²) >= 11 is 3.38. The number of halogens is 1. The quantitative estimate of drug-likeness (QED) is 0.765. The third-order valence-electron chi connectivity index (χ3n) is 3.35. The number of carbonyl (C=O) groups excluding carboxylic acids is 1. The number of hydrogen-bond acceptors (Lipinski definition) is 2. The first kappa shape index (κ1) is 14.5. The molecule has 1 heterocycles. The second-order valence-electron chi connectivity index (χ2n) is 4.83. The van der Waals surface area contributed by atoms with Gasteiger partial charge in [-0.05, 0) is 59.3 Å². The van der Waals surface area contributed by atoms with Gasteiger partial charge < -0.3 is 9.88 Å². The van der Waals surface area contributed by atoms with Crippen molar-refractivity contribution >= 4 is 27.5 Å². The fourth-order valence-corrected chi connectivity index (χ4v) is 2.66. The van der Waals surface area contributed by atoms with E-state index in [1.807, 2.05) is 60.2 Å². The average Bonchev–Trinajstić information content (AvgIpc) is 2.94. The Labute approximate surface area is 136 Å². The van der Waals surface area contributed by atoms with Crippen molar-refractivity contribution in [2.24, 2.45) is 0 Å². The minimum atomic E-state index is -0.140. The molecule has 110 valence electrons. The van der Waals surface area contributed by atoms with Crippen LogP contribution < -0.4 is 5.32 Å². The second kappa shape index (κ2) is 6.15. The molecule has 1 amide bonds. The molecule has 4 nitrogen and oxygen atoms in total. The van der Waals surface area contributed by atoms with Crippen molar-refractivity contribution in [1.29, 1.82) is 0 Å². The van der Waals surface area contributed by atoms with E-state index in [9.17, 15) is 4.79 Å². The van der Waals surface area contributed by atoms with E-state index in [2.05, 4.69) is 26.2 Å². The maximum Gasteiger partial charge on any atom is 0.256 e. The number of amides is 1. The third kappa shape index (κ3) is 2.94. The van der Waals surface area contributed by atoms with Crippen LogP contribution in [-0.2, 0) is 0 Å². The Morgan fingerprint density at radius 3 is 2.50 bits per heavy atom. The summed E-state index contributed by atoms with van der Waals surface area (Å²) in [7, 11) is 0. The van der Waals surface area contributed by atoms with Gasteiger partial charge in [0.05, 0.1) is 5.56 Å². The van der Waals surface area contributed by atoms with Crippen molar-refractivity contribution in [3.8, 4) is 5.69 Å². The maximum absolute atomic E-state index is 12.2. The van der Waals surface area contributed by atoms with E-state index < -0.39 is 0 Å². The summed E-state index contributed by atoms with van der Waals surface area (Å²) in [5, 5.41) is 2.89. The molecule has 0 aliphatic carbocycles. The molecule has 0 radical (unpaired) electrons. The van der Waals surface area contributed by atoms with Gasteiger partial charge in [-0.3, -0.25) is 4.79 Å². The summed E-state index contributed by atoms with van der Waals surface area (Å²) in [5.41, 5.74) is 2.37. The van der Waals surface area contributed by atoms with E-state index in [4.69, 9.17) is 0 Å². The number of nitrogens with one attached hydrogen (secondary N) is 1. The summed E-state index contributed by atoms with van der Waals surface area (Å²) in [5.74, 6) is 0.782. The Morgan fingerprint density at radius 1 is 1.14 bits per heavy atom. The fraction of sp³-hybridized carbons (Fsp3) is 0.0588. The number of nitrogens with zero attached hydrogens (tertiary/aromatic N) is 2. The molecule has 0 bridgehead atoms. The number of hydrogen-bond donors (Lipinski definition) is 1. The maximum atomic E-state index is 12.2. The highest BCUT2D eigenvalue weighted by atomic mass is 79.9. The van der Waals surface area contributed by atoms with Gasteiger partial charge in [-0.15, -0.1) is 0 Å². The Bertz CT molecular complexity index is 809. The zero-order chi connectivity index (χ0) is 15.5. The highest BCUT2D eigenvalue weighted by Crippen LogP contribution is 2.19. The Morgan fingerprint density at radius 2 is 1.86 bits per heavy atom. The van der Waals surface area contributed by atoms with Gasteiger partial charge in [0.2, 0.25) is 0 Å². The first-order valence-corrected chi connectivity index (χ1v) is 7.61. The van der Waals surface area contributed by atoms with E-state index in [0.717, 1.165) is 21.7 Å². The third-order valence-corrected chi connectivity index (χ3v) is 4.04. The van der Waals surface area contributed by atoms with Crippen molar-refractivity contribution in [3.63, 3.8) is 0 Å². The Kier molecular flexibility index (Phi) is 4.06. The van der Waals surface area contributed by atoms with Crippen molar-refractivity contribution in [2.75, 3.05) is 5.32 Å². The molecule has 0 saturated carbocycles. The summed E-state index contributed by atoms with van der Waals surface area (Å²) in [4.78, 5) is 16.4. The first-order valence-electron chi connectivity index (χ1n) is 6.81. The lowest BCUT2D eigenvalue weighted by Crippen LogP contribution is -2.12. The van der Waals surface area contributed by atoms with Gasteiger partial charge in [-0.25, -0.2) is 4.98 Å². The molecule has 1 aromatic heterocycles. The average molecular weight is 356 g/mol. The van der Waals surface area contributed by atoms with E-state index in [-0.39, 0.29) is 5.91 Å². The predicted octanol–water partition coefficient (Wildman–Crippen LogP) is 4.20. The van der Waals surface area contributed by atoms with Crippen LogP contribution in [0.2, 0.25) is 0 Å². The minimum absolute atomic E-state index is 0.140. The number of benzene rings is 2. The number of anilines is 1. The Balaban J connectivity index is 1.78. The second-order valence-corrected chi connectivity index (χ2v) is 5.68. The van der Waals surface area contributed by atoms with Crippen molar-refractivity contribution in [3.05, 3.63) is 76.8 Å². The lowest BCUT2D eigenvalue weighted by atomic mass is 10.2. The normalized spacial score (nSPS) is 10.5. The highest BCUT2D eigenvalue weighted by molar-refractivity contribution is 9.10. The molecule has 3 aromatic rings. The molecular formula is C17H14BrN3O. The minimum Gasteiger partial charge on any atom is -0.322 e. The first-order chi connectivity index (χ1) is 10.6. The van der Waals surface area contributed by atoms with Gasteiger partial charge in [0.15, 0.2) is 0 Å². The summed E-state index contributed by atoms with van der Waals surface area (Å²) in [6.45, 7) is 1.95. The van der Waals surface area contributed by atoms with Crippen molar-refractivity contribution < 1.29 is 4.79 Å². The van der Waals surface area contributed by atoms with E-state index in [1.165, 1.54) is 0 Å². The van der Waals surface area contributed by atoms with E-state index in [0.29, 0.717) is 5.56 Å². The Hall–Kier alpha value is -2.40. The summed E-state index contributed by atoms with van der Waals surface area (Å²) < 4.78 is 2.76. The van der Waals surface area contributed by atoms with Gasteiger partial charge >= 0.3 is 0 Å². The van der Waals surface area contributed by atoms with Crippen LogP contribution in [0.25, 0.3) is 5.69 Å². The number of aryl methyl sites for hydroxylation is 1. The van der Waals surface area contributed by atoms with Gasteiger partial charge in [0.25, 0.3) is 5.91 Å². The molecule has 0 unspecified atom stereocenters. The van der Waals surface area contributed by atoms with Crippen LogP contribution in [0, 0.1) is 6.92 Å². The highest BCUT2D eigenvalue weighted by Gasteiger charge is 2.09. The molecule has 2 aromatic carbocycles. The van der Waals surface area contributed by atoms with Crippen LogP contribution >= 0.6 is 15.9 Å². The van der Waals surface area contributed by atoms with Crippen LogP contribution in [-0.4, -0.2) is 15.5 Å². The molecule has 0 fully saturated rings. The molecule has 0 atom stereocenters. The van der Waals surface area contributed by atoms with Gasteiger partial charge in [0.1, 0.15) is 5.82 Å².